The first-order chi connectivity index (χ1) is 7.56. The van der Waals surface area contributed by atoms with Crippen molar-refractivity contribution >= 4 is 5.69 Å². The first-order valence-electron chi connectivity index (χ1n) is 5.70. The fourth-order valence-corrected chi connectivity index (χ4v) is 1.54. The topological polar surface area (TPSA) is 55.5 Å². The lowest BCUT2D eigenvalue weighted by molar-refractivity contribution is 0.232. The summed E-state index contributed by atoms with van der Waals surface area (Å²) in [7, 11) is 0. The molecule has 0 spiro atoms. The Kier molecular flexibility index (Phi) is 4.62. The number of ether oxygens (including phenoxy) is 1. The van der Waals surface area contributed by atoms with Gasteiger partial charge in [-0.05, 0) is 36.1 Å². The number of benzene rings is 1. The van der Waals surface area contributed by atoms with Crippen molar-refractivity contribution in [3.05, 3.63) is 23.3 Å². The van der Waals surface area contributed by atoms with Crippen LogP contribution < -0.4 is 10.5 Å². The molecule has 0 saturated carbocycles. The number of hydrogen-bond donors (Lipinski definition) is 2. The number of anilines is 1. The molecule has 0 aromatic heterocycles. The first kappa shape index (κ1) is 12.8. The highest BCUT2D eigenvalue weighted by atomic mass is 16.5. The van der Waals surface area contributed by atoms with Crippen LogP contribution in [0.5, 0.6) is 5.75 Å². The van der Waals surface area contributed by atoms with Crippen molar-refractivity contribution < 1.29 is 9.84 Å². The van der Waals surface area contributed by atoms with Gasteiger partial charge >= 0.3 is 0 Å². The molecule has 0 atom stereocenters. The third-order valence-electron chi connectivity index (χ3n) is 2.58. The molecule has 3 N–H and O–H groups in total. The van der Waals surface area contributed by atoms with Gasteiger partial charge in [-0.1, -0.05) is 13.8 Å². The Balaban J connectivity index is 2.91. The van der Waals surface area contributed by atoms with Crippen molar-refractivity contribution in [2.45, 2.75) is 33.1 Å². The average Bonchev–Trinajstić information content (AvgIpc) is 2.23. The number of rotatable bonds is 5. The molecule has 90 valence electrons. The second-order valence-corrected chi connectivity index (χ2v) is 4.33. The molecule has 16 heavy (non-hydrogen) atoms. The Hall–Kier alpha value is -1.22. The Bertz CT molecular complexity index is 348. The smallest absolute Gasteiger partial charge is 0.123 e. The lowest BCUT2D eigenvalue weighted by Crippen LogP contribution is -2.04. The number of aliphatic hydroxyl groups is 1. The van der Waals surface area contributed by atoms with E-state index in [0.29, 0.717) is 18.9 Å². The number of aryl methyl sites for hydroxylation is 1. The van der Waals surface area contributed by atoms with Crippen molar-refractivity contribution in [2.24, 2.45) is 0 Å². The van der Waals surface area contributed by atoms with Crippen LogP contribution in [0, 0.1) is 6.92 Å². The minimum Gasteiger partial charge on any atom is -0.493 e. The molecule has 0 unspecified atom stereocenters. The molecule has 3 nitrogen and oxygen atoms in total. The van der Waals surface area contributed by atoms with E-state index in [1.165, 1.54) is 0 Å². The summed E-state index contributed by atoms with van der Waals surface area (Å²) in [4.78, 5) is 0. The molecule has 1 rings (SSSR count). The second kappa shape index (κ2) is 5.75. The first-order valence-corrected chi connectivity index (χ1v) is 5.70. The minimum absolute atomic E-state index is 0.158. The minimum atomic E-state index is 0.158. The third kappa shape index (κ3) is 3.14. The molecule has 1 aromatic carbocycles. The molecule has 0 aliphatic carbocycles. The van der Waals surface area contributed by atoms with Crippen LogP contribution in [0.2, 0.25) is 0 Å². The van der Waals surface area contributed by atoms with E-state index in [-0.39, 0.29) is 6.61 Å². The van der Waals surface area contributed by atoms with Gasteiger partial charge in [0.1, 0.15) is 5.75 Å². The number of nitrogens with two attached hydrogens (primary N) is 1. The second-order valence-electron chi connectivity index (χ2n) is 4.33. The molecule has 0 heterocycles. The van der Waals surface area contributed by atoms with Gasteiger partial charge in [0.05, 0.1) is 6.61 Å². The standard InChI is InChI=1S/C13H21NO2/c1-9(2)11-8-12(14)10(3)7-13(11)16-6-4-5-15/h7-9,15H,4-6,14H2,1-3H3. The molecular weight excluding hydrogens is 202 g/mol. The summed E-state index contributed by atoms with van der Waals surface area (Å²) in [5, 5.41) is 8.72. The number of nitrogen functional groups attached to an aromatic ring is 1. The normalized spacial score (nSPS) is 10.8. The molecule has 3 heteroatoms. The maximum absolute atomic E-state index is 8.72. The molecule has 0 amide bonds. The summed E-state index contributed by atoms with van der Waals surface area (Å²) in [6.07, 6.45) is 0.654. The van der Waals surface area contributed by atoms with E-state index >= 15 is 0 Å². The summed E-state index contributed by atoms with van der Waals surface area (Å²) in [6.45, 7) is 6.90. The molecule has 1 aromatic rings. The van der Waals surface area contributed by atoms with Gasteiger partial charge in [0, 0.05) is 18.7 Å². The zero-order chi connectivity index (χ0) is 12.1. The van der Waals surface area contributed by atoms with Crippen molar-refractivity contribution in [1.82, 2.24) is 0 Å². The Labute approximate surface area is 97.2 Å². The maximum Gasteiger partial charge on any atom is 0.123 e. The van der Waals surface area contributed by atoms with E-state index in [1.807, 2.05) is 19.1 Å². The van der Waals surface area contributed by atoms with Crippen LogP contribution >= 0.6 is 0 Å². The van der Waals surface area contributed by atoms with Crippen LogP contribution in [0.4, 0.5) is 5.69 Å². The van der Waals surface area contributed by atoms with Crippen LogP contribution in [-0.2, 0) is 0 Å². The van der Waals surface area contributed by atoms with E-state index in [9.17, 15) is 0 Å². The molecule has 0 radical (unpaired) electrons. The molecule has 0 saturated heterocycles. The summed E-state index contributed by atoms with van der Waals surface area (Å²) >= 11 is 0. The van der Waals surface area contributed by atoms with Crippen LogP contribution in [0.25, 0.3) is 0 Å². The van der Waals surface area contributed by atoms with Gasteiger partial charge in [0.2, 0.25) is 0 Å². The van der Waals surface area contributed by atoms with Crippen molar-refractivity contribution in [1.29, 1.82) is 0 Å². The summed E-state index contributed by atoms with van der Waals surface area (Å²) in [5.74, 6) is 1.27. The van der Waals surface area contributed by atoms with E-state index in [2.05, 4.69) is 13.8 Å². The highest BCUT2D eigenvalue weighted by molar-refractivity contribution is 5.55. The maximum atomic E-state index is 8.72. The molecular formula is C13H21NO2. The van der Waals surface area contributed by atoms with Gasteiger partial charge in [0.15, 0.2) is 0 Å². The largest absolute Gasteiger partial charge is 0.493 e. The van der Waals surface area contributed by atoms with Crippen LogP contribution in [0.1, 0.15) is 37.3 Å². The van der Waals surface area contributed by atoms with E-state index in [1.54, 1.807) is 0 Å². The number of hydrogen-bond acceptors (Lipinski definition) is 3. The van der Waals surface area contributed by atoms with Crippen molar-refractivity contribution in [3.63, 3.8) is 0 Å². The van der Waals surface area contributed by atoms with E-state index in [4.69, 9.17) is 15.6 Å². The van der Waals surface area contributed by atoms with Crippen molar-refractivity contribution in [3.8, 4) is 5.75 Å². The lowest BCUT2D eigenvalue weighted by Gasteiger charge is -2.16. The van der Waals surface area contributed by atoms with E-state index < -0.39 is 0 Å². The molecule has 0 aliphatic heterocycles. The summed E-state index contributed by atoms with van der Waals surface area (Å²) < 4.78 is 5.66. The predicted octanol–water partition coefficient (Wildman–Crippen LogP) is 2.46. The van der Waals surface area contributed by atoms with Crippen LogP contribution in [-0.4, -0.2) is 18.3 Å². The molecule has 0 fully saturated rings. The van der Waals surface area contributed by atoms with Gasteiger partial charge in [-0.25, -0.2) is 0 Å². The fourth-order valence-electron chi connectivity index (χ4n) is 1.54. The summed E-state index contributed by atoms with van der Waals surface area (Å²) in [5.41, 5.74) is 8.85. The highest BCUT2D eigenvalue weighted by Gasteiger charge is 2.10. The monoisotopic (exact) mass is 223 g/mol. The zero-order valence-corrected chi connectivity index (χ0v) is 10.3. The van der Waals surface area contributed by atoms with Crippen molar-refractivity contribution in [2.75, 3.05) is 18.9 Å². The van der Waals surface area contributed by atoms with Crippen LogP contribution in [0.15, 0.2) is 12.1 Å². The average molecular weight is 223 g/mol. The lowest BCUT2D eigenvalue weighted by atomic mass is 9.99. The molecule has 0 aliphatic rings. The Morgan fingerprint density at radius 2 is 2.06 bits per heavy atom. The van der Waals surface area contributed by atoms with Gasteiger partial charge in [-0.3, -0.25) is 0 Å². The quantitative estimate of drug-likeness (QED) is 0.595. The zero-order valence-electron chi connectivity index (χ0n) is 10.3. The van der Waals surface area contributed by atoms with Gasteiger partial charge in [-0.2, -0.15) is 0 Å². The Morgan fingerprint density at radius 1 is 1.38 bits per heavy atom. The molecule has 0 bridgehead atoms. The summed E-state index contributed by atoms with van der Waals surface area (Å²) in [6, 6.07) is 3.95. The highest BCUT2D eigenvalue weighted by Crippen LogP contribution is 2.30. The van der Waals surface area contributed by atoms with Gasteiger partial charge < -0.3 is 15.6 Å². The van der Waals surface area contributed by atoms with E-state index in [0.717, 1.165) is 22.6 Å². The van der Waals surface area contributed by atoms with Gasteiger partial charge in [0.25, 0.3) is 0 Å². The SMILES string of the molecule is Cc1cc(OCCCO)c(C(C)C)cc1N. The fraction of sp³-hybridized carbons (Fsp3) is 0.538. The van der Waals surface area contributed by atoms with Gasteiger partial charge in [-0.15, -0.1) is 0 Å². The van der Waals surface area contributed by atoms with Crippen LogP contribution in [0.3, 0.4) is 0 Å². The Morgan fingerprint density at radius 3 is 2.62 bits per heavy atom. The predicted molar refractivity (Wildman–Crippen MR) is 66.9 cm³/mol. The third-order valence-corrected chi connectivity index (χ3v) is 2.58. The number of aliphatic hydroxyl groups excluding tert-OH is 1.